The molecule has 9 nitrogen and oxygen atoms in total. The van der Waals surface area contributed by atoms with E-state index in [1.807, 2.05) is 0 Å². The minimum absolute atomic E-state index is 0.111. The van der Waals surface area contributed by atoms with Crippen molar-refractivity contribution in [1.29, 1.82) is 0 Å². The molecular weight excluding hydrogens is 256 g/mol. The number of nitrogens with zero attached hydrogens (tertiary/aromatic N) is 1. The maximum absolute atomic E-state index is 10.4. The minimum Gasteiger partial charge on any atom is -0.490 e. The molecular formula is C7H10N2O7S. The van der Waals surface area contributed by atoms with Gasteiger partial charge >= 0.3 is 16.1 Å². The lowest BCUT2D eigenvalue weighted by Crippen LogP contribution is -1.98. The molecule has 17 heavy (non-hydrogen) atoms. The third-order valence-electron chi connectivity index (χ3n) is 1.43. The van der Waals surface area contributed by atoms with Crippen LogP contribution in [0.15, 0.2) is 18.2 Å². The summed E-state index contributed by atoms with van der Waals surface area (Å²) < 4.78 is 36.3. The van der Waals surface area contributed by atoms with Crippen LogP contribution in [0.3, 0.4) is 0 Å². The second kappa shape index (κ2) is 5.98. The zero-order chi connectivity index (χ0) is 13.6. The summed E-state index contributed by atoms with van der Waals surface area (Å²) in [6, 6.07) is 4.55. The highest BCUT2D eigenvalue weighted by molar-refractivity contribution is 7.79. The monoisotopic (exact) mass is 266 g/mol. The molecule has 96 valence electrons. The highest BCUT2D eigenvalue weighted by atomic mass is 32.3. The van der Waals surface area contributed by atoms with Crippen molar-refractivity contribution in [2.45, 2.75) is 0 Å². The van der Waals surface area contributed by atoms with Gasteiger partial charge in [-0.15, -0.1) is 0 Å². The number of nitrogens with two attached hydrogens (primary N) is 1. The number of ether oxygens (including phenoxy) is 1. The Kier molecular flexibility index (Phi) is 5.31. The third kappa shape index (κ3) is 6.29. The van der Waals surface area contributed by atoms with Gasteiger partial charge in [-0.25, -0.2) is 0 Å². The lowest BCUT2D eigenvalue weighted by atomic mass is 10.2. The van der Waals surface area contributed by atoms with Gasteiger partial charge in [0.05, 0.1) is 12.0 Å². The van der Waals surface area contributed by atoms with Crippen LogP contribution >= 0.6 is 0 Å². The maximum atomic E-state index is 10.4. The standard InChI is InChI=1S/C7H8N2O3.H2O4S/c1-12-6-4-2-3-5(8)7(6)9(10)11;1-5(2,3)4/h2-4H,8H2,1H3;(H2,1,2,3,4). The van der Waals surface area contributed by atoms with Crippen LogP contribution in [-0.2, 0) is 10.4 Å². The van der Waals surface area contributed by atoms with E-state index in [1.54, 1.807) is 6.07 Å². The van der Waals surface area contributed by atoms with Gasteiger partial charge < -0.3 is 10.5 Å². The van der Waals surface area contributed by atoms with E-state index in [1.165, 1.54) is 19.2 Å². The molecule has 0 atom stereocenters. The summed E-state index contributed by atoms with van der Waals surface area (Å²) in [5, 5.41) is 10.4. The first kappa shape index (κ1) is 15.1. The van der Waals surface area contributed by atoms with E-state index >= 15 is 0 Å². The van der Waals surface area contributed by atoms with Crippen molar-refractivity contribution < 1.29 is 27.2 Å². The first-order valence-electron chi connectivity index (χ1n) is 3.93. The molecule has 0 fully saturated rings. The highest BCUT2D eigenvalue weighted by Crippen LogP contribution is 2.31. The van der Waals surface area contributed by atoms with Gasteiger partial charge in [0.2, 0.25) is 0 Å². The number of anilines is 1. The topological polar surface area (TPSA) is 153 Å². The molecule has 0 unspecified atom stereocenters. The van der Waals surface area contributed by atoms with E-state index in [9.17, 15) is 10.1 Å². The van der Waals surface area contributed by atoms with E-state index in [-0.39, 0.29) is 17.1 Å². The fourth-order valence-corrected chi connectivity index (χ4v) is 0.899. The molecule has 4 N–H and O–H groups in total. The largest absolute Gasteiger partial charge is 0.490 e. The van der Waals surface area contributed by atoms with Crippen molar-refractivity contribution in [2.24, 2.45) is 0 Å². The SMILES string of the molecule is COc1cccc(N)c1[N+](=O)[O-].O=S(=O)(O)O. The van der Waals surface area contributed by atoms with Crippen molar-refractivity contribution in [1.82, 2.24) is 0 Å². The average Bonchev–Trinajstić information content (AvgIpc) is 2.13. The fourth-order valence-electron chi connectivity index (χ4n) is 0.899. The number of benzene rings is 1. The number of hydrogen-bond acceptors (Lipinski definition) is 6. The van der Waals surface area contributed by atoms with Crippen molar-refractivity contribution in [2.75, 3.05) is 12.8 Å². The molecule has 0 aliphatic carbocycles. The van der Waals surface area contributed by atoms with E-state index < -0.39 is 15.3 Å². The Balaban J connectivity index is 0.000000437. The second-order valence-electron chi connectivity index (χ2n) is 2.60. The van der Waals surface area contributed by atoms with Gasteiger partial charge in [-0.05, 0) is 12.1 Å². The van der Waals surface area contributed by atoms with Crippen LogP contribution in [0.4, 0.5) is 11.4 Å². The molecule has 0 radical (unpaired) electrons. The molecule has 1 rings (SSSR count). The number of rotatable bonds is 2. The van der Waals surface area contributed by atoms with Gasteiger partial charge in [0.1, 0.15) is 5.69 Å². The van der Waals surface area contributed by atoms with Crippen LogP contribution in [0.2, 0.25) is 0 Å². The van der Waals surface area contributed by atoms with E-state index in [0.29, 0.717) is 0 Å². The van der Waals surface area contributed by atoms with Gasteiger partial charge in [-0.1, -0.05) is 6.07 Å². The number of nitrogen functional groups attached to an aromatic ring is 1. The summed E-state index contributed by atoms with van der Waals surface area (Å²) in [5.74, 6) is 0.181. The molecule has 1 aromatic carbocycles. The lowest BCUT2D eigenvalue weighted by Gasteiger charge is -2.02. The van der Waals surface area contributed by atoms with Crippen LogP contribution < -0.4 is 10.5 Å². The summed E-state index contributed by atoms with van der Waals surface area (Å²) in [7, 11) is -3.30. The second-order valence-corrected chi connectivity index (χ2v) is 3.50. The first-order valence-corrected chi connectivity index (χ1v) is 5.33. The summed E-state index contributed by atoms with van der Waals surface area (Å²) in [6.07, 6.45) is 0. The van der Waals surface area contributed by atoms with Crippen molar-refractivity contribution in [3.8, 4) is 5.75 Å². The van der Waals surface area contributed by atoms with Crippen LogP contribution in [0.25, 0.3) is 0 Å². The lowest BCUT2D eigenvalue weighted by molar-refractivity contribution is -0.384. The normalized spacial score (nSPS) is 10.1. The molecule has 0 spiro atoms. The molecule has 0 aliphatic rings. The van der Waals surface area contributed by atoms with Crippen molar-refractivity contribution in [3.05, 3.63) is 28.3 Å². The Morgan fingerprint density at radius 2 is 1.88 bits per heavy atom. The van der Waals surface area contributed by atoms with Gasteiger partial charge in [0, 0.05) is 0 Å². The summed E-state index contributed by atoms with van der Waals surface area (Å²) in [4.78, 5) is 9.89. The van der Waals surface area contributed by atoms with Gasteiger partial charge in [-0.3, -0.25) is 19.2 Å². The quantitative estimate of drug-likeness (QED) is 0.303. The number of hydrogen-bond donors (Lipinski definition) is 3. The molecule has 0 saturated carbocycles. The Morgan fingerprint density at radius 3 is 2.18 bits per heavy atom. The smallest absolute Gasteiger partial charge is 0.394 e. The molecule has 0 aromatic heterocycles. The van der Waals surface area contributed by atoms with E-state index in [4.69, 9.17) is 28.0 Å². The number of nitro groups is 1. The molecule has 0 heterocycles. The molecule has 0 saturated heterocycles. The number of para-hydroxylation sites is 1. The van der Waals surface area contributed by atoms with Crippen LogP contribution in [0, 0.1) is 10.1 Å². The number of methoxy groups -OCH3 is 1. The van der Waals surface area contributed by atoms with Crippen LogP contribution in [-0.4, -0.2) is 29.6 Å². The molecule has 1 aromatic rings. The van der Waals surface area contributed by atoms with Gasteiger partial charge in [0.25, 0.3) is 0 Å². The predicted molar refractivity (Wildman–Crippen MR) is 58.2 cm³/mol. The van der Waals surface area contributed by atoms with E-state index in [0.717, 1.165) is 0 Å². The van der Waals surface area contributed by atoms with E-state index in [2.05, 4.69) is 0 Å². The zero-order valence-corrected chi connectivity index (χ0v) is 9.42. The van der Waals surface area contributed by atoms with Gasteiger partial charge in [-0.2, -0.15) is 8.42 Å². The first-order chi connectivity index (χ1) is 7.66. The Morgan fingerprint density at radius 1 is 1.41 bits per heavy atom. The fraction of sp³-hybridized carbons (Fsp3) is 0.143. The molecule has 0 amide bonds. The minimum atomic E-state index is -4.67. The van der Waals surface area contributed by atoms with Crippen molar-refractivity contribution >= 4 is 21.8 Å². The Bertz CT molecular complexity index is 491. The van der Waals surface area contributed by atoms with Crippen molar-refractivity contribution in [3.63, 3.8) is 0 Å². The number of nitro benzene ring substituents is 1. The summed E-state index contributed by atoms with van der Waals surface area (Å²) in [6.45, 7) is 0. The molecule has 10 heteroatoms. The molecule has 0 bridgehead atoms. The summed E-state index contributed by atoms with van der Waals surface area (Å²) >= 11 is 0. The highest BCUT2D eigenvalue weighted by Gasteiger charge is 2.17. The third-order valence-corrected chi connectivity index (χ3v) is 1.43. The van der Waals surface area contributed by atoms with Gasteiger partial charge in [0.15, 0.2) is 5.75 Å². The Hall–Kier alpha value is -1.91. The van der Waals surface area contributed by atoms with Crippen LogP contribution in [0.5, 0.6) is 5.75 Å². The molecule has 0 aliphatic heterocycles. The van der Waals surface area contributed by atoms with Crippen LogP contribution in [0.1, 0.15) is 0 Å². The maximum Gasteiger partial charge on any atom is 0.394 e. The average molecular weight is 266 g/mol. The zero-order valence-electron chi connectivity index (χ0n) is 8.60. The Labute approximate surface area is 96.5 Å². The predicted octanol–water partition coefficient (Wildman–Crippen LogP) is 0.533. The summed E-state index contributed by atoms with van der Waals surface area (Å²) in [5.41, 5.74) is 5.31.